The molecule has 0 aliphatic rings. The van der Waals surface area contributed by atoms with Crippen molar-refractivity contribution in [2.75, 3.05) is 0 Å². The van der Waals surface area contributed by atoms with E-state index in [0.717, 1.165) is 0 Å². The Bertz CT molecular complexity index is 368. The Hall–Kier alpha value is -1.77. The molecule has 0 spiro atoms. The fraction of sp³-hybridized carbons (Fsp3) is 0.308. The molecule has 0 unspecified atom stereocenters. The van der Waals surface area contributed by atoms with E-state index in [4.69, 9.17) is 0 Å². The van der Waals surface area contributed by atoms with Crippen molar-refractivity contribution in [2.45, 2.75) is 27.7 Å². The lowest BCUT2D eigenvalue weighted by atomic mass is 10.0. The van der Waals surface area contributed by atoms with Gasteiger partial charge in [0.1, 0.15) is 5.78 Å². The second-order valence-corrected chi connectivity index (χ2v) is 3.57. The maximum atomic E-state index is 11.0. The molecule has 3 heteroatoms. The lowest BCUT2D eigenvalue weighted by Gasteiger charge is -2.00. The summed E-state index contributed by atoms with van der Waals surface area (Å²) in [5.41, 5.74) is 1.01. The number of hydrogen-bond acceptors (Lipinski definition) is 3. The highest BCUT2D eigenvalue weighted by Crippen LogP contribution is 2.09. The highest BCUT2D eigenvalue weighted by Gasteiger charge is 2.08. The van der Waals surface area contributed by atoms with Gasteiger partial charge in [-0.15, -0.1) is 0 Å². The molecule has 0 heterocycles. The van der Waals surface area contributed by atoms with Gasteiger partial charge in [-0.2, -0.15) is 0 Å². The number of rotatable bonds is 2. The Labute approximate surface area is 95.5 Å². The van der Waals surface area contributed by atoms with Crippen molar-refractivity contribution in [3.05, 3.63) is 35.4 Å². The van der Waals surface area contributed by atoms with E-state index < -0.39 is 0 Å². The topological polar surface area (TPSA) is 51.2 Å². The highest BCUT2D eigenvalue weighted by atomic mass is 16.1. The molecule has 0 radical (unpaired) electrons. The van der Waals surface area contributed by atoms with Crippen LogP contribution >= 0.6 is 0 Å². The summed E-state index contributed by atoms with van der Waals surface area (Å²) in [4.78, 5) is 31.5. The van der Waals surface area contributed by atoms with E-state index in [9.17, 15) is 14.4 Å². The van der Waals surface area contributed by atoms with Gasteiger partial charge in [-0.05, 0) is 27.7 Å². The molecule has 0 amide bonds. The molecule has 0 saturated heterocycles. The van der Waals surface area contributed by atoms with E-state index in [1.807, 2.05) is 0 Å². The van der Waals surface area contributed by atoms with Gasteiger partial charge < -0.3 is 4.79 Å². The van der Waals surface area contributed by atoms with Crippen LogP contribution in [-0.2, 0) is 4.79 Å². The van der Waals surface area contributed by atoms with E-state index in [0.29, 0.717) is 11.1 Å². The van der Waals surface area contributed by atoms with Gasteiger partial charge in [0, 0.05) is 11.1 Å². The van der Waals surface area contributed by atoms with Crippen LogP contribution in [0.3, 0.4) is 0 Å². The smallest absolute Gasteiger partial charge is 0.160 e. The maximum absolute atomic E-state index is 11.0. The number of hydrogen-bond donors (Lipinski definition) is 0. The zero-order valence-corrected chi connectivity index (χ0v) is 10.0. The molecule has 0 saturated carbocycles. The SMILES string of the molecule is CC(=O)c1ccccc1C(C)=O.CC(C)=O. The second kappa shape index (κ2) is 6.67. The fourth-order valence-corrected chi connectivity index (χ4v) is 1.10. The number of ketones is 3. The van der Waals surface area contributed by atoms with Gasteiger partial charge in [0.25, 0.3) is 0 Å². The summed E-state index contributed by atoms with van der Waals surface area (Å²) >= 11 is 0. The molecule has 0 aromatic heterocycles. The molecule has 0 aliphatic heterocycles. The van der Waals surface area contributed by atoms with Crippen LogP contribution in [0.2, 0.25) is 0 Å². The normalized spacial score (nSPS) is 8.75. The lowest BCUT2D eigenvalue weighted by molar-refractivity contribution is -0.115. The second-order valence-electron chi connectivity index (χ2n) is 3.57. The third-order valence-electron chi connectivity index (χ3n) is 1.69. The van der Waals surface area contributed by atoms with Crippen molar-refractivity contribution in [1.29, 1.82) is 0 Å². The zero-order valence-electron chi connectivity index (χ0n) is 10.0. The van der Waals surface area contributed by atoms with Crippen molar-refractivity contribution in [2.24, 2.45) is 0 Å². The monoisotopic (exact) mass is 220 g/mol. The lowest BCUT2D eigenvalue weighted by Crippen LogP contribution is -2.02. The van der Waals surface area contributed by atoms with Crippen LogP contribution in [0.4, 0.5) is 0 Å². The third-order valence-corrected chi connectivity index (χ3v) is 1.69. The van der Waals surface area contributed by atoms with E-state index in [1.54, 1.807) is 24.3 Å². The predicted octanol–water partition coefficient (Wildman–Crippen LogP) is 2.69. The maximum Gasteiger partial charge on any atom is 0.160 e. The molecule has 0 fully saturated rings. The molecule has 0 atom stereocenters. The van der Waals surface area contributed by atoms with Crippen molar-refractivity contribution in [1.82, 2.24) is 0 Å². The standard InChI is InChI=1S/C10H10O2.C3H6O/c1-7(11)9-5-3-4-6-10(9)8(2)12;1-3(2)4/h3-6H,1-2H3;1-2H3. The van der Waals surface area contributed by atoms with Crippen LogP contribution in [0.5, 0.6) is 0 Å². The molecule has 0 bridgehead atoms. The van der Waals surface area contributed by atoms with E-state index in [2.05, 4.69) is 0 Å². The van der Waals surface area contributed by atoms with Gasteiger partial charge >= 0.3 is 0 Å². The largest absolute Gasteiger partial charge is 0.300 e. The zero-order chi connectivity index (χ0) is 12.7. The molecule has 1 aromatic carbocycles. The number of carbonyl (C=O) groups excluding carboxylic acids is 3. The van der Waals surface area contributed by atoms with Crippen LogP contribution in [0.1, 0.15) is 48.4 Å². The molecule has 0 N–H and O–H groups in total. The summed E-state index contributed by atoms with van der Waals surface area (Å²) in [5, 5.41) is 0. The van der Waals surface area contributed by atoms with Crippen LogP contribution in [0, 0.1) is 0 Å². The summed E-state index contributed by atoms with van der Waals surface area (Å²) < 4.78 is 0. The average Bonchev–Trinajstić information content (AvgIpc) is 2.16. The van der Waals surface area contributed by atoms with Crippen LogP contribution < -0.4 is 0 Å². The van der Waals surface area contributed by atoms with Gasteiger partial charge in [0.15, 0.2) is 11.6 Å². The Kier molecular flexibility index (Phi) is 5.93. The van der Waals surface area contributed by atoms with Gasteiger partial charge in [-0.25, -0.2) is 0 Å². The molecule has 86 valence electrons. The Morgan fingerprint density at radius 2 is 1.00 bits per heavy atom. The molecule has 1 rings (SSSR count). The van der Waals surface area contributed by atoms with Crippen LogP contribution in [0.15, 0.2) is 24.3 Å². The summed E-state index contributed by atoms with van der Waals surface area (Å²) in [6.07, 6.45) is 0. The van der Waals surface area contributed by atoms with Gasteiger partial charge in [-0.1, -0.05) is 24.3 Å². The highest BCUT2D eigenvalue weighted by molar-refractivity contribution is 6.07. The molecule has 16 heavy (non-hydrogen) atoms. The van der Waals surface area contributed by atoms with Gasteiger partial charge in [0.05, 0.1) is 0 Å². The third kappa shape index (κ3) is 5.20. The van der Waals surface area contributed by atoms with E-state index in [1.165, 1.54) is 27.7 Å². The summed E-state index contributed by atoms with van der Waals surface area (Å²) in [7, 11) is 0. The predicted molar refractivity (Wildman–Crippen MR) is 62.8 cm³/mol. The molecule has 3 nitrogen and oxygen atoms in total. The molecule has 0 aliphatic carbocycles. The number of carbonyl (C=O) groups is 3. The fourth-order valence-electron chi connectivity index (χ4n) is 1.10. The average molecular weight is 220 g/mol. The van der Waals surface area contributed by atoms with Crippen molar-refractivity contribution < 1.29 is 14.4 Å². The van der Waals surface area contributed by atoms with E-state index in [-0.39, 0.29) is 17.3 Å². The Morgan fingerprint density at radius 1 is 0.750 bits per heavy atom. The minimum Gasteiger partial charge on any atom is -0.300 e. The minimum absolute atomic E-state index is 0.0687. The first-order valence-corrected chi connectivity index (χ1v) is 4.94. The van der Waals surface area contributed by atoms with Crippen LogP contribution in [-0.4, -0.2) is 17.3 Å². The summed E-state index contributed by atoms with van der Waals surface area (Å²) in [6, 6.07) is 6.84. The molecular weight excluding hydrogens is 204 g/mol. The first-order valence-electron chi connectivity index (χ1n) is 4.94. The van der Waals surface area contributed by atoms with E-state index >= 15 is 0 Å². The Morgan fingerprint density at radius 3 is 1.19 bits per heavy atom. The summed E-state index contributed by atoms with van der Waals surface area (Å²) in [6.45, 7) is 5.98. The number of Topliss-reactive ketones (excluding diaryl/α,β-unsaturated/α-hetero) is 3. The van der Waals surface area contributed by atoms with Gasteiger partial charge in [-0.3, -0.25) is 9.59 Å². The van der Waals surface area contributed by atoms with Gasteiger partial charge in [0.2, 0.25) is 0 Å². The van der Waals surface area contributed by atoms with Crippen molar-refractivity contribution >= 4 is 17.3 Å². The minimum atomic E-state index is -0.0687. The van der Waals surface area contributed by atoms with Crippen LogP contribution in [0.25, 0.3) is 0 Å². The molecule has 1 aromatic rings. The summed E-state index contributed by atoms with van der Waals surface area (Å²) in [5.74, 6) is 0.0293. The Balaban J connectivity index is 0.000000487. The molecular formula is C13H16O3. The first-order chi connectivity index (χ1) is 7.36. The number of benzene rings is 1. The van der Waals surface area contributed by atoms with Crippen molar-refractivity contribution in [3.63, 3.8) is 0 Å². The quantitative estimate of drug-likeness (QED) is 0.720. The first kappa shape index (κ1) is 14.2. The van der Waals surface area contributed by atoms with Crippen molar-refractivity contribution in [3.8, 4) is 0 Å².